The maximum absolute atomic E-state index is 5.28. The van der Waals surface area contributed by atoms with Crippen LogP contribution < -0.4 is 10.1 Å². The fraction of sp³-hybridized carbons (Fsp3) is 0.304. The van der Waals surface area contributed by atoms with E-state index in [0.29, 0.717) is 6.04 Å². The van der Waals surface area contributed by atoms with Gasteiger partial charge >= 0.3 is 0 Å². The lowest BCUT2D eigenvalue weighted by molar-refractivity contribution is 0.413. The summed E-state index contributed by atoms with van der Waals surface area (Å²) >= 11 is 1.90. The Morgan fingerprint density at radius 1 is 0.962 bits per heavy atom. The van der Waals surface area contributed by atoms with Gasteiger partial charge in [0.25, 0.3) is 0 Å². The number of fused-ring (bicyclic) bond motifs is 1. The zero-order valence-electron chi connectivity index (χ0n) is 15.6. The van der Waals surface area contributed by atoms with Crippen molar-refractivity contribution in [2.75, 3.05) is 19.4 Å². The third-order valence-corrected chi connectivity index (χ3v) is 5.70. The van der Waals surface area contributed by atoms with Crippen molar-refractivity contribution in [1.82, 2.24) is 5.32 Å². The standard InChI is InChI=1S/C23H27NOS/c1-18(22-14-7-10-19-9-3-4-13-23(19)22)24-15-5-6-16-26-21-12-8-11-20(17-21)25-2/h3-4,7-14,17-18,24H,5-6,15-16H2,1-2H3/t18-/m1/s1. The molecule has 0 spiro atoms. The van der Waals surface area contributed by atoms with E-state index in [-0.39, 0.29) is 0 Å². The van der Waals surface area contributed by atoms with E-state index in [2.05, 4.69) is 72.9 Å². The third-order valence-electron chi connectivity index (χ3n) is 4.62. The van der Waals surface area contributed by atoms with Crippen molar-refractivity contribution in [3.05, 3.63) is 72.3 Å². The van der Waals surface area contributed by atoms with Gasteiger partial charge in [-0.25, -0.2) is 0 Å². The van der Waals surface area contributed by atoms with Crippen molar-refractivity contribution < 1.29 is 4.74 Å². The lowest BCUT2D eigenvalue weighted by atomic mass is 9.99. The van der Waals surface area contributed by atoms with Crippen LogP contribution in [-0.2, 0) is 0 Å². The Kier molecular flexibility index (Phi) is 6.98. The van der Waals surface area contributed by atoms with Gasteiger partial charge in [0, 0.05) is 10.9 Å². The van der Waals surface area contributed by atoms with E-state index in [9.17, 15) is 0 Å². The summed E-state index contributed by atoms with van der Waals surface area (Å²) in [6.45, 7) is 3.30. The third kappa shape index (κ3) is 5.03. The molecule has 0 aliphatic heterocycles. The molecule has 3 heteroatoms. The van der Waals surface area contributed by atoms with Gasteiger partial charge in [-0.15, -0.1) is 11.8 Å². The van der Waals surface area contributed by atoms with Crippen molar-refractivity contribution in [3.63, 3.8) is 0 Å². The maximum atomic E-state index is 5.28. The van der Waals surface area contributed by atoms with Crippen molar-refractivity contribution in [1.29, 1.82) is 0 Å². The first-order valence-electron chi connectivity index (χ1n) is 9.26. The molecule has 3 aromatic carbocycles. The highest BCUT2D eigenvalue weighted by Gasteiger charge is 2.08. The number of nitrogens with one attached hydrogen (secondary N) is 1. The van der Waals surface area contributed by atoms with Gasteiger partial charge in [0.1, 0.15) is 5.75 Å². The molecule has 26 heavy (non-hydrogen) atoms. The number of benzene rings is 3. The summed E-state index contributed by atoms with van der Waals surface area (Å²) in [6, 6.07) is 23.8. The number of thioether (sulfide) groups is 1. The maximum Gasteiger partial charge on any atom is 0.119 e. The highest BCUT2D eigenvalue weighted by Crippen LogP contribution is 2.25. The van der Waals surface area contributed by atoms with Gasteiger partial charge in [0.05, 0.1) is 7.11 Å². The van der Waals surface area contributed by atoms with Gasteiger partial charge in [-0.05, 0) is 66.6 Å². The highest BCUT2D eigenvalue weighted by molar-refractivity contribution is 7.99. The molecular weight excluding hydrogens is 338 g/mol. The van der Waals surface area contributed by atoms with Crippen LogP contribution in [0.2, 0.25) is 0 Å². The van der Waals surface area contributed by atoms with Crippen LogP contribution in [-0.4, -0.2) is 19.4 Å². The van der Waals surface area contributed by atoms with Gasteiger partial charge in [0.2, 0.25) is 0 Å². The first-order valence-corrected chi connectivity index (χ1v) is 10.2. The molecule has 0 unspecified atom stereocenters. The molecule has 0 amide bonds. The second-order valence-corrected chi connectivity index (χ2v) is 7.65. The molecule has 2 nitrogen and oxygen atoms in total. The van der Waals surface area contributed by atoms with Gasteiger partial charge in [0.15, 0.2) is 0 Å². The van der Waals surface area contributed by atoms with E-state index in [1.165, 1.54) is 34.1 Å². The van der Waals surface area contributed by atoms with E-state index < -0.39 is 0 Å². The van der Waals surface area contributed by atoms with E-state index in [1.807, 2.05) is 17.8 Å². The molecule has 0 saturated carbocycles. The molecule has 136 valence electrons. The summed E-state index contributed by atoms with van der Waals surface area (Å²) < 4.78 is 5.28. The Morgan fingerprint density at radius 2 is 1.77 bits per heavy atom. The number of hydrogen-bond donors (Lipinski definition) is 1. The molecule has 0 heterocycles. The van der Waals surface area contributed by atoms with Crippen LogP contribution in [0, 0.1) is 0 Å². The van der Waals surface area contributed by atoms with Gasteiger partial charge in [-0.2, -0.15) is 0 Å². The molecule has 1 atom stereocenters. The number of methoxy groups -OCH3 is 1. The smallest absolute Gasteiger partial charge is 0.119 e. The van der Waals surface area contributed by atoms with Crippen LogP contribution in [0.4, 0.5) is 0 Å². The average Bonchev–Trinajstić information content (AvgIpc) is 2.70. The van der Waals surface area contributed by atoms with E-state index in [4.69, 9.17) is 4.74 Å². The van der Waals surface area contributed by atoms with Crippen molar-refractivity contribution in [2.45, 2.75) is 30.7 Å². The number of hydrogen-bond acceptors (Lipinski definition) is 3. The molecule has 0 aliphatic rings. The summed E-state index contributed by atoms with van der Waals surface area (Å²) in [5, 5.41) is 6.34. The first-order chi connectivity index (χ1) is 12.8. The fourth-order valence-corrected chi connectivity index (χ4v) is 4.12. The Balaban J connectivity index is 1.42. The molecule has 3 rings (SSSR count). The number of unbranched alkanes of at least 4 members (excludes halogenated alkanes) is 1. The molecule has 0 aromatic heterocycles. The number of rotatable bonds is 9. The summed E-state index contributed by atoms with van der Waals surface area (Å²) in [4.78, 5) is 1.28. The molecule has 0 aliphatic carbocycles. The highest BCUT2D eigenvalue weighted by atomic mass is 32.2. The van der Waals surface area contributed by atoms with E-state index >= 15 is 0 Å². The molecule has 0 bridgehead atoms. The summed E-state index contributed by atoms with van der Waals surface area (Å²) in [5.41, 5.74) is 1.38. The minimum absolute atomic E-state index is 0.368. The molecule has 0 fully saturated rings. The predicted molar refractivity (Wildman–Crippen MR) is 113 cm³/mol. The second-order valence-electron chi connectivity index (χ2n) is 6.48. The monoisotopic (exact) mass is 365 g/mol. The predicted octanol–water partition coefficient (Wildman–Crippen LogP) is 6.07. The molecule has 0 radical (unpaired) electrons. The topological polar surface area (TPSA) is 21.3 Å². The van der Waals surface area contributed by atoms with Gasteiger partial charge < -0.3 is 10.1 Å². The Labute approximate surface area is 161 Å². The lowest BCUT2D eigenvalue weighted by Gasteiger charge is -2.16. The number of ether oxygens (including phenoxy) is 1. The molecular formula is C23H27NOS. The van der Waals surface area contributed by atoms with E-state index in [1.54, 1.807) is 7.11 Å². The van der Waals surface area contributed by atoms with Crippen molar-refractivity contribution >= 4 is 22.5 Å². The summed E-state index contributed by atoms with van der Waals surface area (Å²) in [7, 11) is 1.71. The van der Waals surface area contributed by atoms with Crippen molar-refractivity contribution in [3.8, 4) is 5.75 Å². The molecule has 3 aromatic rings. The average molecular weight is 366 g/mol. The van der Waals surface area contributed by atoms with Crippen LogP contribution in [0.15, 0.2) is 71.6 Å². The van der Waals surface area contributed by atoms with Crippen LogP contribution in [0.5, 0.6) is 5.75 Å². The summed E-state index contributed by atoms with van der Waals surface area (Å²) in [6.07, 6.45) is 2.39. The molecule has 1 N–H and O–H groups in total. The Bertz CT molecular complexity index is 828. The zero-order valence-corrected chi connectivity index (χ0v) is 16.4. The Hall–Kier alpha value is -1.97. The second kappa shape index (κ2) is 9.65. The zero-order chi connectivity index (χ0) is 18.2. The minimum atomic E-state index is 0.368. The lowest BCUT2D eigenvalue weighted by Crippen LogP contribution is -2.20. The van der Waals surface area contributed by atoms with Crippen molar-refractivity contribution in [2.24, 2.45) is 0 Å². The minimum Gasteiger partial charge on any atom is -0.497 e. The van der Waals surface area contributed by atoms with Gasteiger partial charge in [-0.3, -0.25) is 0 Å². The molecule has 0 saturated heterocycles. The SMILES string of the molecule is COc1cccc(SCCCCN[C@H](C)c2cccc3ccccc23)c1. The van der Waals surface area contributed by atoms with Crippen LogP contribution in [0.1, 0.15) is 31.4 Å². The summed E-state index contributed by atoms with van der Waals surface area (Å²) in [5.74, 6) is 2.07. The normalized spacial score (nSPS) is 12.2. The largest absolute Gasteiger partial charge is 0.497 e. The fourth-order valence-electron chi connectivity index (χ4n) is 3.16. The quantitative estimate of drug-likeness (QED) is 0.367. The van der Waals surface area contributed by atoms with Crippen LogP contribution in [0.3, 0.4) is 0 Å². The first kappa shape index (κ1) is 18.8. The van der Waals surface area contributed by atoms with Gasteiger partial charge in [-0.1, -0.05) is 48.5 Å². The van der Waals surface area contributed by atoms with Crippen LogP contribution in [0.25, 0.3) is 10.8 Å². The van der Waals surface area contributed by atoms with E-state index in [0.717, 1.165) is 18.0 Å². The Morgan fingerprint density at radius 3 is 2.65 bits per heavy atom. The van der Waals surface area contributed by atoms with Crippen LogP contribution >= 0.6 is 11.8 Å².